The molecule has 0 unspecified atom stereocenters. The molecule has 0 saturated carbocycles. The van der Waals surface area contributed by atoms with E-state index < -0.39 is 44.3 Å². The summed E-state index contributed by atoms with van der Waals surface area (Å²) in [6, 6.07) is 7.15. The van der Waals surface area contributed by atoms with E-state index in [9.17, 15) is 14.5 Å². The van der Waals surface area contributed by atoms with Crippen LogP contribution in [0.15, 0.2) is 36.7 Å². The number of esters is 1. The van der Waals surface area contributed by atoms with Gasteiger partial charge in [0.1, 0.15) is 36.2 Å². The van der Waals surface area contributed by atoms with Gasteiger partial charge < -0.3 is 24.8 Å². The number of carbonyl (C=O) groups is 1. The molecule has 3 aromatic rings. The van der Waals surface area contributed by atoms with Gasteiger partial charge in [0.15, 0.2) is 17.1 Å². The normalized spacial score (nSPS) is 23.4. The van der Waals surface area contributed by atoms with Gasteiger partial charge in [0.05, 0.1) is 12.9 Å². The van der Waals surface area contributed by atoms with E-state index >= 15 is 0 Å². The highest BCUT2D eigenvalue weighted by molar-refractivity contribution is 7.52. The first kappa shape index (κ1) is 27.8. The molecule has 0 amide bonds. The number of imidazole rings is 1. The zero-order valence-electron chi connectivity index (χ0n) is 20.5. The molecule has 1 aliphatic heterocycles. The van der Waals surface area contributed by atoms with Crippen LogP contribution in [-0.2, 0) is 23.4 Å². The molecule has 1 aromatic carbocycles. The fraction of sp³-hybridized carbons (Fsp3) is 0.391. The van der Waals surface area contributed by atoms with E-state index in [4.69, 9.17) is 42.3 Å². The molecular formula is C23H26ClN6O7P. The number of carbonyl (C=O) groups excluding carboxylic acids is 1. The first-order chi connectivity index (χ1) is 18.1. The Balaban J connectivity index is 1.57. The smallest absolute Gasteiger partial charge is 0.459 e. The zero-order chi connectivity index (χ0) is 27.5. The van der Waals surface area contributed by atoms with Crippen molar-refractivity contribution in [3.05, 3.63) is 41.9 Å². The molecule has 4 rings (SSSR count). The van der Waals surface area contributed by atoms with Crippen molar-refractivity contribution in [2.45, 2.75) is 44.2 Å². The Kier molecular flexibility index (Phi) is 8.22. The number of aromatic nitrogens is 4. The molecule has 0 spiro atoms. The van der Waals surface area contributed by atoms with Crippen molar-refractivity contribution in [1.29, 1.82) is 0 Å². The molecule has 38 heavy (non-hydrogen) atoms. The second kappa shape index (κ2) is 11.2. The van der Waals surface area contributed by atoms with Crippen LogP contribution >= 0.6 is 19.3 Å². The topological polar surface area (TPSA) is 173 Å². The highest BCUT2D eigenvalue weighted by Crippen LogP contribution is 2.48. The van der Waals surface area contributed by atoms with Gasteiger partial charge in [-0.2, -0.15) is 15.1 Å². The Bertz CT molecular complexity index is 1400. The molecule has 0 radical (unpaired) electrons. The van der Waals surface area contributed by atoms with Crippen LogP contribution in [0, 0.1) is 12.3 Å². The molecule has 1 saturated heterocycles. The van der Waals surface area contributed by atoms with E-state index in [2.05, 4.69) is 26.0 Å². The zero-order valence-corrected chi connectivity index (χ0v) is 22.1. The number of aliphatic hydroxyl groups is 1. The molecular weight excluding hydrogens is 539 g/mol. The molecule has 0 bridgehead atoms. The van der Waals surface area contributed by atoms with Crippen molar-refractivity contribution >= 4 is 42.3 Å². The lowest BCUT2D eigenvalue weighted by molar-refractivity contribution is -0.144. The summed E-state index contributed by atoms with van der Waals surface area (Å²) in [5.74, 6) is 2.03. The largest absolute Gasteiger partial charge is 0.465 e. The number of halogens is 1. The summed E-state index contributed by atoms with van der Waals surface area (Å²) in [6.07, 6.45) is 5.09. The number of nitrogens with two attached hydrogens (primary N) is 1. The van der Waals surface area contributed by atoms with Crippen LogP contribution in [0.5, 0.6) is 5.75 Å². The number of para-hydroxylation sites is 1. The summed E-state index contributed by atoms with van der Waals surface area (Å²) in [5, 5.41) is 13.4. The Morgan fingerprint density at radius 1 is 1.45 bits per heavy atom. The lowest BCUT2D eigenvalue weighted by Crippen LogP contribution is -2.43. The number of benzene rings is 1. The van der Waals surface area contributed by atoms with Crippen molar-refractivity contribution in [3.63, 3.8) is 0 Å². The number of nitrogen functional groups attached to an aromatic ring is 1. The SMILES string of the molecule is C#C[C@]1(CO[P@](=O)(N[C@@H](C)C(=O)OCC)Oc2ccccc2)O[C@@H](n2cnc3c(N)nc(Cl)nc32)C[C@@H]1O. The summed E-state index contributed by atoms with van der Waals surface area (Å²) in [7, 11) is -4.25. The van der Waals surface area contributed by atoms with Gasteiger partial charge in [-0.1, -0.05) is 24.1 Å². The molecule has 15 heteroatoms. The van der Waals surface area contributed by atoms with Crippen molar-refractivity contribution in [2.75, 3.05) is 18.9 Å². The number of ether oxygens (including phenoxy) is 2. The van der Waals surface area contributed by atoms with Gasteiger partial charge in [0, 0.05) is 6.42 Å². The summed E-state index contributed by atoms with van der Waals surface area (Å²) in [5.41, 5.74) is 4.70. The van der Waals surface area contributed by atoms with Crippen molar-refractivity contribution < 1.29 is 33.0 Å². The highest BCUT2D eigenvalue weighted by Gasteiger charge is 2.50. The molecule has 13 nitrogen and oxygen atoms in total. The van der Waals surface area contributed by atoms with Crippen LogP contribution in [0.1, 0.15) is 26.5 Å². The van der Waals surface area contributed by atoms with E-state index in [-0.39, 0.29) is 35.5 Å². The Morgan fingerprint density at radius 2 is 2.18 bits per heavy atom. The predicted octanol–water partition coefficient (Wildman–Crippen LogP) is 2.46. The van der Waals surface area contributed by atoms with E-state index in [0.29, 0.717) is 5.52 Å². The van der Waals surface area contributed by atoms with Crippen LogP contribution in [0.2, 0.25) is 5.28 Å². The number of aliphatic hydroxyl groups excluding tert-OH is 1. The van der Waals surface area contributed by atoms with Gasteiger partial charge in [0.2, 0.25) is 5.28 Å². The average molecular weight is 565 g/mol. The predicted molar refractivity (Wildman–Crippen MR) is 137 cm³/mol. The maximum Gasteiger partial charge on any atom is 0.459 e. The second-order valence-electron chi connectivity index (χ2n) is 8.34. The lowest BCUT2D eigenvalue weighted by atomic mass is 9.99. The third-order valence-electron chi connectivity index (χ3n) is 5.69. The third-order valence-corrected chi connectivity index (χ3v) is 7.49. The molecule has 1 fully saturated rings. The van der Waals surface area contributed by atoms with Crippen LogP contribution < -0.4 is 15.3 Å². The number of nitrogens with zero attached hydrogens (tertiary/aromatic N) is 4. The summed E-state index contributed by atoms with van der Waals surface area (Å²) in [4.78, 5) is 24.4. The number of nitrogens with one attached hydrogen (secondary N) is 1. The van der Waals surface area contributed by atoms with Gasteiger partial charge in [-0.3, -0.25) is 13.9 Å². The third kappa shape index (κ3) is 5.76. The number of hydrogen-bond acceptors (Lipinski definition) is 11. The lowest BCUT2D eigenvalue weighted by Gasteiger charge is -2.29. The van der Waals surface area contributed by atoms with Gasteiger partial charge >= 0.3 is 13.7 Å². The van der Waals surface area contributed by atoms with Gasteiger partial charge in [-0.25, -0.2) is 9.55 Å². The minimum atomic E-state index is -4.25. The molecule has 3 heterocycles. The van der Waals surface area contributed by atoms with Crippen molar-refractivity contribution in [3.8, 4) is 18.1 Å². The number of hydrogen-bond donors (Lipinski definition) is 3. The van der Waals surface area contributed by atoms with Crippen LogP contribution in [0.3, 0.4) is 0 Å². The fourth-order valence-corrected chi connectivity index (χ4v) is 5.48. The highest BCUT2D eigenvalue weighted by atomic mass is 35.5. The molecule has 0 aliphatic carbocycles. The summed E-state index contributed by atoms with van der Waals surface area (Å²) >= 11 is 5.95. The minimum absolute atomic E-state index is 0.0110. The van der Waals surface area contributed by atoms with Gasteiger partial charge in [-0.05, 0) is 37.6 Å². The van der Waals surface area contributed by atoms with Crippen molar-refractivity contribution in [2.24, 2.45) is 0 Å². The number of rotatable bonds is 10. The quantitative estimate of drug-likeness (QED) is 0.142. The maximum atomic E-state index is 13.8. The molecule has 2 aromatic heterocycles. The number of fused-ring (bicyclic) bond motifs is 1. The Labute approximate surface area is 223 Å². The summed E-state index contributed by atoms with van der Waals surface area (Å²) in [6.45, 7) is 2.66. The van der Waals surface area contributed by atoms with Gasteiger partial charge in [-0.15, -0.1) is 6.42 Å². The van der Waals surface area contributed by atoms with Crippen LogP contribution in [-0.4, -0.2) is 61.6 Å². The van der Waals surface area contributed by atoms with E-state index in [1.165, 1.54) is 17.8 Å². The molecule has 1 aliphatic rings. The van der Waals surface area contributed by atoms with Crippen LogP contribution in [0.25, 0.3) is 11.2 Å². The second-order valence-corrected chi connectivity index (χ2v) is 10.4. The average Bonchev–Trinajstić information content (AvgIpc) is 3.44. The number of terminal acetylenes is 1. The first-order valence-electron chi connectivity index (χ1n) is 11.5. The van der Waals surface area contributed by atoms with Crippen molar-refractivity contribution in [1.82, 2.24) is 24.6 Å². The minimum Gasteiger partial charge on any atom is -0.465 e. The Morgan fingerprint density at radius 3 is 2.87 bits per heavy atom. The van der Waals surface area contributed by atoms with Gasteiger partial charge in [0.25, 0.3) is 0 Å². The van der Waals surface area contributed by atoms with Crippen LogP contribution in [0.4, 0.5) is 5.82 Å². The number of anilines is 1. The molecule has 202 valence electrons. The summed E-state index contributed by atoms with van der Waals surface area (Å²) < 4.78 is 37.6. The maximum absolute atomic E-state index is 13.8. The molecule has 5 atom stereocenters. The molecule has 4 N–H and O–H groups in total. The van der Waals surface area contributed by atoms with E-state index in [1.54, 1.807) is 37.3 Å². The standard InChI is InChI=1S/C23H26ClN6O7P/c1-4-23(16(31)11-17(36-23)30-13-26-18-19(25)27-22(24)28-20(18)30)12-35-38(33,29-14(3)21(32)34-5-2)37-15-9-7-6-8-10-15/h1,6-10,13-14,16-17,31H,5,11-12H2,2-3H3,(H,29,33)(H2,25,27,28)/t14-,16-,17+,23+,38+/m0/s1. The Hall–Kier alpha value is -3.24. The fourth-order valence-electron chi connectivity index (χ4n) is 3.79. The first-order valence-corrected chi connectivity index (χ1v) is 13.4. The van der Waals surface area contributed by atoms with E-state index in [1.807, 2.05) is 0 Å². The van der Waals surface area contributed by atoms with E-state index in [0.717, 1.165) is 0 Å². The monoisotopic (exact) mass is 564 g/mol.